The highest BCUT2D eigenvalue weighted by Crippen LogP contribution is 2.19. The van der Waals surface area contributed by atoms with Gasteiger partial charge in [0, 0.05) is 19.6 Å². The number of morpholine rings is 1. The standard InChI is InChI=1S/C14H19F2NO2/c1-9-6-17(7-10(2)19-9)8-14(18)11-3-4-12(15)13(16)5-11/h3-5,9-10,14,18H,6-8H2,1-2H3. The zero-order valence-corrected chi connectivity index (χ0v) is 11.1. The number of β-amino-alcohol motifs (C(OH)–C–C–N with tert-alkyl or cyclic N) is 1. The molecular formula is C14H19F2NO2. The lowest BCUT2D eigenvalue weighted by Crippen LogP contribution is -2.46. The molecule has 1 aliphatic rings. The first-order valence-electron chi connectivity index (χ1n) is 6.46. The molecule has 2 rings (SSSR count). The molecule has 0 saturated carbocycles. The number of aliphatic hydroxyl groups excluding tert-OH is 1. The largest absolute Gasteiger partial charge is 0.387 e. The summed E-state index contributed by atoms with van der Waals surface area (Å²) < 4.78 is 31.6. The summed E-state index contributed by atoms with van der Waals surface area (Å²) in [5, 5.41) is 10.1. The van der Waals surface area contributed by atoms with Crippen LogP contribution in [0.5, 0.6) is 0 Å². The van der Waals surface area contributed by atoms with Gasteiger partial charge in [-0.25, -0.2) is 8.78 Å². The highest BCUT2D eigenvalue weighted by Gasteiger charge is 2.24. The van der Waals surface area contributed by atoms with E-state index in [2.05, 4.69) is 4.90 Å². The van der Waals surface area contributed by atoms with Crippen LogP contribution < -0.4 is 0 Å². The van der Waals surface area contributed by atoms with Gasteiger partial charge in [-0.05, 0) is 31.5 Å². The molecule has 19 heavy (non-hydrogen) atoms. The van der Waals surface area contributed by atoms with E-state index in [0.717, 1.165) is 25.2 Å². The van der Waals surface area contributed by atoms with Gasteiger partial charge in [0.25, 0.3) is 0 Å². The minimum atomic E-state index is -0.930. The fraction of sp³-hybridized carbons (Fsp3) is 0.571. The van der Waals surface area contributed by atoms with E-state index in [0.29, 0.717) is 12.1 Å². The van der Waals surface area contributed by atoms with Crippen LogP contribution in [0, 0.1) is 11.6 Å². The van der Waals surface area contributed by atoms with E-state index in [1.165, 1.54) is 6.07 Å². The van der Waals surface area contributed by atoms with Crippen LogP contribution in [0.4, 0.5) is 8.78 Å². The van der Waals surface area contributed by atoms with Crippen molar-refractivity contribution in [3.63, 3.8) is 0 Å². The zero-order valence-electron chi connectivity index (χ0n) is 11.1. The fourth-order valence-electron chi connectivity index (χ4n) is 2.50. The number of benzene rings is 1. The number of aliphatic hydroxyl groups is 1. The average molecular weight is 271 g/mol. The maximum absolute atomic E-state index is 13.1. The smallest absolute Gasteiger partial charge is 0.159 e. The van der Waals surface area contributed by atoms with Crippen molar-refractivity contribution in [2.45, 2.75) is 32.2 Å². The topological polar surface area (TPSA) is 32.7 Å². The van der Waals surface area contributed by atoms with Gasteiger partial charge in [-0.15, -0.1) is 0 Å². The number of ether oxygens (including phenoxy) is 1. The van der Waals surface area contributed by atoms with Gasteiger partial charge in [0.15, 0.2) is 11.6 Å². The van der Waals surface area contributed by atoms with Crippen LogP contribution in [0.15, 0.2) is 18.2 Å². The summed E-state index contributed by atoms with van der Waals surface area (Å²) in [6, 6.07) is 3.50. The average Bonchev–Trinajstić information content (AvgIpc) is 2.31. The van der Waals surface area contributed by atoms with Gasteiger partial charge in [-0.2, -0.15) is 0 Å². The third-order valence-corrected chi connectivity index (χ3v) is 3.25. The fourth-order valence-corrected chi connectivity index (χ4v) is 2.50. The SMILES string of the molecule is CC1CN(CC(O)c2ccc(F)c(F)c2)CC(C)O1. The van der Waals surface area contributed by atoms with Crippen LogP contribution in [-0.2, 0) is 4.74 Å². The third-order valence-electron chi connectivity index (χ3n) is 3.25. The molecule has 3 unspecified atom stereocenters. The van der Waals surface area contributed by atoms with Gasteiger partial charge in [-0.1, -0.05) is 6.07 Å². The van der Waals surface area contributed by atoms with Crippen LogP contribution in [0.3, 0.4) is 0 Å². The van der Waals surface area contributed by atoms with Crippen molar-refractivity contribution in [1.82, 2.24) is 4.90 Å². The number of rotatable bonds is 3. The molecule has 0 radical (unpaired) electrons. The summed E-state index contributed by atoms with van der Waals surface area (Å²) in [5.41, 5.74) is 0.394. The van der Waals surface area contributed by atoms with E-state index in [1.807, 2.05) is 13.8 Å². The Labute approximate surface area is 111 Å². The molecule has 3 nitrogen and oxygen atoms in total. The van der Waals surface area contributed by atoms with E-state index in [9.17, 15) is 13.9 Å². The Kier molecular flexibility index (Phi) is 4.50. The molecule has 1 aromatic rings. The molecule has 0 aromatic heterocycles. The first-order valence-corrected chi connectivity index (χ1v) is 6.46. The van der Waals surface area contributed by atoms with Gasteiger partial charge >= 0.3 is 0 Å². The summed E-state index contributed by atoms with van der Waals surface area (Å²) >= 11 is 0. The minimum absolute atomic E-state index is 0.112. The van der Waals surface area contributed by atoms with Crippen molar-refractivity contribution in [2.24, 2.45) is 0 Å². The Morgan fingerprint density at radius 3 is 2.47 bits per heavy atom. The van der Waals surface area contributed by atoms with E-state index >= 15 is 0 Å². The summed E-state index contributed by atoms with van der Waals surface area (Å²) in [4.78, 5) is 2.07. The molecule has 0 amide bonds. The van der Waals surface area contributed by atoms with Crippen LogP contribution in [0.25, 0.3) is 0 Å². The molecule has 1 aliphatic heterocycles. The van der Waals surface area contributed by atoms with Gasteiger partial charge in [0.1, 0.15) is 0 Å². The van der Waals surface area contributed by atoms with Crippen LogP contribution in [0.2, 0.25) is 0 Å². The molecule has 0 bridgehead atoms. The Morgan fingerprint density at radius 2 is 1.89 bits per heavy atom. The molecule has 1 saturated heterocycles. The maximum atomic E-state index is 13.1. The zero-order chi connectivity index (χ0) is 14.0. The van der Waals surface area contributed by atoms with E-state index in [-0.39, 0.29) is 12.2 Å². The van der Waals surface area contributed by atoms with Gasteiger partial charge in [0.05, 0.1) is 18.3 Å². The van der Waals surface area contributed by atoms with Gasteiger partial charge in [0.2, 0.25) is 0 Å². The Balaban J connectivity index is 2.00. The normalized spacial score (nSPS) is 26.4. The quantitative estimate of drug-likeness (QED) is 0.914. The molecular weight excluding hydrogens is 252 g/mol. The summed E-state index contributed by atoms with van der Waals surface area (Å²) in [6.45, 7) is 5.80. The van der Waals surface area contributed by atoms with E-state index < -0.39 is 17.7 Å². The van der Waals surface area contributed by atoms with Crippen molar-refractivity contribution < 1.29 is 18.6 Å². The first kappa shape index (κ1) is 14.4. The lowest BCUT2D eigenvalue weighted by molar-refractivity contribution is -0.0767. The number of hydrogen-bond donors (Lipinski definition) is 1. The molecule has 1 aromatic carbocycles. The summed E-state index contributed by atoms with van der Waals surface area (Å²) in [5.74, 6) is -1.83. The highest BCUT2D eigenvalue weighted by molar-refractivity contribution is 5.20. The van der Waals surface area contributed by atoms with E-state index in [1.54, 1.807) is 0 Å². The summed E-state index contributed by atoms with van der Waals surface area (Å²) in [7, 11) is 0. The molecule has 0 aliphatic carbocycles. The number of nitrogens with zero attached hydrogens (tertiary/aromatic N) is 1. The molecule has 0 spiro atoms. The van der Waals surface area contributed by atoms with E-state index in [4.69, 9.17) is 4.74 Å². The van der Waals surface area contributed by atoms with Crippen LogP contribution in [-0.4, -0.2) is 41.8 Å². The predicted octanol–water partition coefficient (Wildman–Crippen LogP) is 2.11. The van der Waals surface area contributed by atoms with Crippen molar-refractivity contribution in [2.75, 3.05) is 19.6 Å². The van der Waals surface area contributed by atoms with Gasteiger partial charge < -0.3 is 9.84 Å². The maximum Gasteiger partial charge on any atom is 0.159 e. The Hall–Kier alpha value is -1.04. The lowest BCUT2D eigenvalue weighted by Gasteiger charge is -2.36. The predicted molar refractivity (Wildman–Crippen MR) is 67.8 cm³/mol. The van der Waals surface area contributed by atoms with Crippen LogP contribution >= 0.6 is 0 Å². The van der Waals surface area contributed by atoms with Crippen LogP contribution in [0.1, 0.15) is 25.5 Å². The second-order valence-electron chi connectivity index (χ2n) is 5.17. The molecule has 106 valence electrons. The van der Waals surface area contributed by atoms with Crippen molar-refractivity contribution in [3.8, 4) is 0 Å². The third kappa shape index (κ3) is 3.72. The molecule has 5 heteroatoms. The number of halogens is 2. The van der Waals surface area contributed by atoms with Gasteiger partial charge in [-0.3, -0.25) is 4.90 Å². The Morgan fingerprint density at radius 1 is 1.26 bits per heavy atom. The molecule has 3 atom stereocenters. The molecule has 1 heterocycles. The highest BCUT2D eigenvalue weighted by atomic mass is 19.2. The second kappa shape index (κ2) is 5.94. The first-order chi connectivity index (χ1) is 8.95. The van der Waals surface area contributed by atoms with Crippen molar-refractivity contribution in [1.29, 1.82) is 0 Å². The Bertz CT molecular complexity index is 431. The molecule has 1 fully saturated rings. The number of hydrogen-bond acceptors (Lipinski definition) is 3. The monoisotopic (exact) mass is 271 g/mol. The minimum Gasteiger partial charge on any atom is -0.387 e. The summed E-state index contributed by atoms with van der Waals surface area (Å²) in [6.07, 6.45) is -0.602. The van der Waals surface area contributed by atoms with Crippen molar-refractivity contribution in [3.05, 3.63) is 35.4 Å². The van der Waals surface area contributed by atoms with Crippen molar-refractivity contribution >= 4 is 0 Å². The molecule has 1 N–H and O–H groups in total. The lowest BCUT2D eigenvalue weighted by atomic mass is 10.1. The second-order valence-corrected chi connectivity index (χ2v) is 5.17.